The molecule has 6 nitrogen and oxygen atoms in total. The summed E-state index contributed by atoms with van der Waals surface area (Å²) in [7, 11) is 0. The number of benzene rings is 3. The van der Waals surface area contributed by atoms with Crippen LogP contribution in [0.1, 0.15) is 40.7 Å². The van der Waals surface area contributed by atoms with Crippen LogP contribution in [0, 0.1) is 12.8 Å². The molecule has 0 aliphatic carbocycles. The van der Waals surface area contributed by atoms with Crippen molar-refractivity contribution in [2.45, 2.75) is 33.1 Å². The van der Waals surface area contributed by atoms with E-state index in [0.29, 0.717) is 43.1 Å². The number of carbonyl (C=O) groups is 2. The highest BCUT2D eigenvalue weighted by Gasteiger charge is 2.19. The van der Waals surface area contributed by atoms with Crippen LogP contribution in [-0.4, -0.2) is 28.4 Å². The van der Waals surface area contributed by atoms with Gasteiger partial charge in [0.25, 0.3) is 0 Å². The summed E-state index contributed by atoms with van der Waals surface area (Å²) in [6, 6.07) is 26.2. The standard InChI is InChI=1S/C32H31NO5/c1-22(20-30(34)25-9-5-3-6-10-25)19-27(32(35)36)21-24-13-15-28(16-14-24)37-18-17-29-23(2)38-31(33-29)26-11-7-4-8-12-26/h3-16,20,27H,17-19,21H2,1-2H3,(H,35,36)/b22-20-/t27-/m0/s1. The van der Waals surface area contributed by atoms with Crippen molar-refractivity contribution in [3.8, 4) is 17.2 Å². The van der Waals surface area contributed by atoms with Crippen LogP contribution in [0.3, 0.4) is 0 Å². The zero-order chi connectivity index (χ0) is 26.9. The smallest absolute Gasteiger partial charge is 0.307 e. The van der Waals surface area contributed by atoms with E-state index in [2.05, 4.69) is 4.98 Å². The first-order valence-electron chi connectivity index (χ1n) is 12.6. The first-order chi connectivity index (χ1) is 18.4. The van der Waals surface area contributed by atoms with E-state index in [9.17, 15) is 14.7 Å². The minimum absolute atomic E-state index is 0.120. The number of aryl methyl sites for hydroxylation is 1. The van der Waals surface area contributed by atoms with Crippen molar-refractivity contribution in [2.24, 2.45) is 5.92 Å². The van der Waals surface area contributed by atoms with Crippen LogP contribution < -0.4 is 4.74 Å². The number of aromatic nitrogens is 1. The predicted octanol–water partition coefficient (Wildman–Crippen LogP) is 6.73. The molecule has 1 N–H and O–H groups in total. The number of carboxylic acids is 1. The Balaban J connectivity index is 1.30. The van der Waals surface area contributed by atoms with Gasteiger partial charge in [0.15, 0.2) is 5.78 Å². The molecule has 4 aromatic rings. The molecule has 38 heavy (non-hydrogen) atoms. The molecule has 0 radical (unpaired) electrons. The summed E-state index contributed by atoms with van der Waals surface area (Å²) in [5.41, 5.74) is 4.02. The van der Waals surface area contributed by atoms with E-state index in [0.717, 1.165) is 28.2 Å². The Kier molecular flexibility index (Phi) is 8.88. The second-order valence-corrected chi connectivity index (χ2v) is 9.29. The largest absolute Gasteiger partial charge is 0.493 e. The third-order valence-corrected chi connectivity index (χ3v) is 6.28. The van der Waals surface area contributed by atoms with Gasteiger partial charge in [0.05, 0.1) is 18.2 Å². The number of ketones is 1. The van der Waals surface area contributed by atoms with Gasteiger partial charge < -0.3 is 14.3 Å². The SMILES string of the molecule is C/C(=C/C(=O)c1ccccc1)C[C@@H](Cc1ccc(OCCc2nc(-c3ccccc3)oc2C)cc1)C(=O)O. The maximum Gasteiger partial charge on any atom is 0.307 e. The van der Waals surface area contributed by atoms with Gasteiger partial charge in [-0.15, -0.1) is 0 Å². The Hall–Kier alpha value is -4.45. The molecule has 194 valence electrons. The van der Waals surface area contributed by atoms with Crippen LogP contribution in [0.2, 0.25) is 0 Å². The summed E-state index contributed by atoms with van der Waals surface area (Å²) in [5.74, 6) is 0.446. The minimum Gasteiger partial charge on any atom is -0.493 e. The average Bonchev–Trinajstić information content (AvgIpc) is 3.30. The third-order valence-electron chi connectivity index (χ3n) is 6.28. The van der Waals surface area contributed by atoms with Gasteiger partial charge >= 0.3 is 5.97 Å². The number of aliphatic carboxylic acids is 1. The molecule has 0 spiro atoms. The molecule has 4 rings (SSSR count). The highest BCUT2D eigenvalue weighted by molar-refractivity contribution is 6.04. The number of carboxylic acid groups (broad SMARTS) is 1. The summed E-state index contributed by atoms with van der Waals surface area (Å²) in [6.07, 6.45) is 2.80. The fourth-order valence-electron chi connectivity index (χ4n) is 4.24. The van der Waals surface area contributed by atoms with Gasteiger partial charge in [-0.3, -0.25) is 9.59 Å². The zero-order valence-electron chi connectivity index (χ0n) is 21.6. The lowest BCUT2D eigenvalue weighted by molar-refractivity contribution is -0.141. The molecule has 1 atom stereocenters. The lowest BCUT2D eigenvalue weighted by Gasteiger charge is -2.13. The lowest BCUT2D eigenvalue weighted by atomic mass is 9.92. The summed E-state index contributed by atoms with van der Waals surface area (Å²) in [5, 5.41) is 9.76. The van der Waals surface area contributed by atoms with Crippen molar-refractivity contribution in [3.63, 3.8) is 0 Å². The number of carbonyl (C=O) groups excluding carboxylic acids is 1. The molecule has 1 heterocycles. The average molecular weight is 510 g/mol. The number of allylic oxidation sites excluding steroid dienone is 2. The maximum atomic E-state index is 12.4. The van der Waals surface area contributed by atoms with Gasteiger partial charge in [-0.1, -0.05) is 66.2 Å². The fourth-order valence-corrected chi connectivity index (χ4v) is 4.24. The van der Waals surface area contributed by atoms with Gasteiger partial charge in [-0.05, 0) is 62.6 Å². The number of rotatable bonds is 12. The highest BCUT2D eigenvalue weighted by Crippen LogP contribution is 2.23. The second kappa shape index (κ2) is 12.7. The Labute approximate surface area is 222 Å². The molecule has 0 unspecified atom stereocenters. The van der Waals surface area contributed by atoms with E-state index in [1.54, 1.807) is 31.2 Å². The zero-order valence-corrected chi connectivity index (χ0v) is 21.6. The normalized spacial score (nSPS) is 12.2. The number of nitrogens with zero attached hydrogens (tertiary/aromatic N) is 1. The minimum atomic E-state index is -0.886. The molecule has 0 bridgehead atoms. The van der Waals surface area contributed by atoms with Crippen LogP contribution in [0.4, 0.5) is 0 Å². The summed E-state index contributed by atoms with van der Waals surface area (Å²) < 4.78 is 11.7. The van der Waals surface area contributed by atoms with Crippen molar-refractivity contribution in [1.82, 2.24) is 4.98 Å². The third kappa shape index (κ3) is 7.29. The molecule has 0 fully saturated rings. The molecule has 1 aromatic heterocycles. The van der Waals surface area contributed by atoms with Gasteiger partial charge in [-0.2, -0.15) is 0 Å². The molecular weight excluding hydrogens is 478 g/mol. The van der Waals surface area contributed by atoms with Crippen LogP contribution in [0.15, 0.2) is 101 Å². The molecule has 0 saturated heterocycles. The molecule has 3 aromatic carbocycles. The van der Waals surface area contributed by atoms with E-state index in [-0.39, 0.29) is 5.78 Å². The van der Waals surface area contributed by atoms with E-state index in [4.69, 9.17) is 9.15 Å². The van der Waals surface area contributed by atoms with E-state index >= 15 is 0 Å². The summed E-state index contributed by atoms with van der Waals surface area (Å²) in [4.78, 5) is 28.9. The number of hydrogen-bond donors (Lipinski definition) is 1. The first kappa shape index (κ1) is 26.6. The van der Waals surface area contributed by atoms with Crippen molar-refractivity contribution in [3.05, 3.63) is 119 Å². The lowest BCUT2D eigenvalue weighted by Crippen LogP contribution is -2.17. The predicted molar refractivity (Wildman–Crippen MR) is 146 cm³/mol. The highest BCUT2D eigenvalue weighted by atomic mass is 16.5. The first-order valence-corrected chi connectivity index (χ1v) is 12.6. The summed E-state index contributed by atoms with van der Waals surface area (Å²) in [6.45, 7) is 4.14. The number of hydrogen-bond acceptors (Lipinski definition) is 5. The van der Waals surface area contributed by atoms with Gasteiger partial charge in [0.2, 0.25) is 5.89 Å². The monoisotopic (exact) mass is 509 g/mol. The molecule has 0 aliphatic rings. The maximum absolute atomic E-state index is 12.4. The van der Waals surface area contributed by atoms with Gasteiger partial charge in [0.1, 0.15) is 11.5 Å². The van der Waals surface area contributed by atoms with Crippen LogP contribution >= 0.6 is 0 Å². The summed E-state index contributed by atoms with van der Waals surface area (Å²) >= 11 is 0. The molecule has 0 saturated carbocycles. The second-order valence-electron chi connectivity index (χ2n) is 9.29. The van der Waals surface area contributed by atoms with Gasteiger partial charge in [-0.25, -0.2) is 4.98 Å². The van der Waals surface area contributed by atoms with E-state index < -0.39 is 11.9 Å². The van der Waals surface area contributed by atoms with Crippen molar-refractivity contribution < 1.29 is 23.8 Å². The Morgan fingerprint density at radius 1 is 0.974 bits per heavy atom. The molecule has 0 aliphatic heterocycles. The van der Waals surface area contributed by atoms with Crippen molar-refractivity contribution >= 4 is 11.8 Å². The van der Waals surface area contributed by atoms with Crippen LogP contribution in [0.25, 0.3) is 11.5 Å². The molecule has 6 heteroatoms. The number of ether oxygens (including phenoxy) is 1. The topological polar surface area (TPSA) is 89.6 Å². The van der Waals surface area contributed by atoms with Crippen molar-refractivity contribution in [2.75, 3.05) is 6.61 Å². The van der Waals surface area contributed by atoms with Crippen LogP contribution in [0.5, 0.6) is 5.75 Å². The van der Waals surface area contributed by atoms with Crippen LogP contribution in [-0.2, 0) is 17.6 Å². The Morgan fingerprint density at radius 2 is 1.63 bits per heavy atom. The fraction of sp³-hybridized carbons (Fsp3) is 0.219. The van der Waals surface area contributed by atoms with Gasteiger partial charge in [0, 0.05) is 17.5 Å². The number of oxazole rings is 1. The molecule has 0 amide bonds. The quantitative estimate of drug-likeness (QED) is 0.168. The Morgan fingerprint density at radius 3 is 2.29 bits per heavy atom. The molecular formula is C32H31NO5. The Bertz CT molecular complexity index is 1390. The van der Waals surface area contributed by atoms with E-state index in [1.807, 2.05) is 67.6 Å². The van der Waals surface area contributed by atoms with E-state index in [1.165, 1.54) is 6.08 Å². The van der Waals surface area contributed by atoms with Crippen molar-refractivity contribution in [1.29, 1.82) is 0 Å².